The first-order valence-corrected chi connectivity index (χ1v) is 9.44. The van der Waals surface area contributed by atoms with Gasteiger partial charge in [-0.2, -0.15) is 0 Å². The predicted molar refractivity (Wildman–Crippen MR) is 107 cm³/mol. The molecule has 6 nitrogen and oxygen atoms in total. The Balaban J connectivity index is 1.46. The minimum absolute atomic E-state index is 0.471. The molecule has 140 valence electrons. The van der Waals surface area contributed by atoms with Gasteiger partial charge in [-0.3, -0.25) is 9.88 Å². The standard InChI is InChI=1S/C20H22ClN5O/c1-25(13-16-7-6-15-4-2-3-5-17(15)22-16)14-19-23-18(21)12-20(24-19)26-8-10-27-11-9-26/h2-7,12H,8-11,13-14H2,1H3. The molecule has 1 aliphatic rings. The third-order valence-electron chi connectivity index (χ3n) is 4.56. The van der Waals surface area contributed by atoms with Crippen LogP contribution in [0.2, 0.25) is 5.15 Å². The first-order valence-electron chi connectivity index (χ1n) is 9.07. The topological polar surface area (TPSA) is 54.4 Å². The molecular formula is C20H22ClN5O. The summed E-state index contributed by atoms with van der Waals surface area (Å²) in [5.41, 5.74) is 2.03. The second-order valence-corrected chi connectivity index (χ2v) is 7.12. The van der Waals surface area contributed by atoms with Crippen LogP contribution in [-0.2, 0) is 17.8 Å². The van der Waals surface area contributed by atoms with Crippen molar-refractivity contribution in [2.24, 2.45) is 0 Å². The van der Waals surface area contributed by atoms with Crippen molar-refractivity contribution in [1.82, 2.24) is 19.9 Å². The molecule has 7 heteroatoms. The second-order valence-electron chi connectivity index (χ2n) is 6.73. The lowest BCUT2D eigenvalue weighted by molar-refractivity contribution is 0.122. The molecule has 0 bridgehead atoms. The quantitative estimate of drug-likeness (QED) is 0.631. The van der Waals surface area contributed by atoms with Gasteiger partial charge in [-0.05, 0) is 19.2 Å². The monoisotopic (exact) mass is 383 g/mol. The van der Waals surface area contributed by atoms with E-state index in [1.165, 1.54) is 0 Å². The number of ether oxygens (including phenoxy) is 1. The first kappa shape index (κ1) is 18.1. The maximum atomic E-state index is 6.24. The number of benzene rings is 1. The zero-order valence-corrected chi connectivity index (χ0v) is 16.1. The Bertz CT molecular complexity index is 929. The second kappa shape index (κ2) is 8.17. The van der Waals surface area contributed by atoms with Crippen LogP contribution in [0.5, 0.6) is 0 Å². The minimum Gasteiger partial charge on any atom is -0.378 e. The Hall–Kier alpha value is -2.28. The molecule has 1 saturated heterocycles. The van der Waals surface area contributed by atoms with E-state index in [-0.39, 0.29) is 0 Å². The van der Waals surface area contributed by atoms with E-state index in [1.807, 2.05) is 31.3 Å². The number of rotatable bonds is 5. The number of anilines is 1. The number of fused-ring (bicyclic) bond motifs is 1. The Labute approximate surface area is 163 Å². The van der Waals surface area contributed by atoms with Gasteiger partial charge in [0.05, 0.1) is 31.0 Å². The van der Waals surface area contributed by atoms with Crippen LogP contribution in [0.15, 0.2) is 42.5 Å². The highest BCUT2D eigenvalue weighted by Gasteiger charge is 2.15. The van der Waals surface area contributed by atoms with E-state index in [2.05, 4.69) is 33.0 Å². The normalized spacial score (nSPS) is 14.9. The third kappa shape index (κ3) is 4.53. The van der Waals surface area contributed by atoms with E-state index in [1.54, 1.807) is 0 Å². The molecule has 0 atom stereocenters. The highest BCUT2D eigenvalue weighted by atomic mass is 35.5. The largest absolute Gasteiger partial charge is 0.378 e. The zero-order valence-electron chi connectivity index (χ0n) is 15.3. The van der Waals surface area contributed by atoms with Crippen LogP contribution in [0, 0.1) is 0 Å². The molecule has 0 N–H and O–H groups in total. The molecule has 1 aliphatic heterocycles. The molecule has 0 amide bonds. The summed E-state index contributed by atoms with van der Waals surface area (Å²) >= 11 is 6.24. The van der Waals surface area contributed by atoms with Gasteiger partial charge in [-0.1, -0.05) is 35.9 Å². The Morgan fingerprint density at radius 1 is 1.04 bits per heavy atom. The summed E-state index contributed by atoms with van der Waals surface area (Å²) in [6.45, 7) is 4.39. The number of para-hydroxylation sites is 1. The van der Waals surface area contributed by atoms with Crippen molar-refractivity contribution in [1.29, 1.82) is 0 Å². The van der Waals surface area contributed by atoms with E-state index in [4.69, 9.17) is 26.3 Å². The minimum atomic E-state index is 0.471. The van der Waals surface area contributed by atoms with Gasteiger partial charge in [0.25, 0.3) is 0 Å². The Morgan fingerprint density at radius 3 is 2.70 bits per heavy atom. The van der Waals surface area contributed by atoms with Crippen molar-refractivity contribution in [2.45, 2.75) is 13.1 Å². The van der Waals surface area contributed by atoms with Gasteiger partial charge in [-0.15, -0.1) is 0 Å². The van der Waals surface area contributed by atoms with Gasteiger partial charge >= 0.3 is 0 Å². The van der Waals surface area contributed by atoms with Gasteiger partial charge in [0.1, 0.15) is 16.8 Å². The van der Waals surface area contributed by atoms with Crippen molar-refractivity contribution in [3.05, 3.63) is 59.1 Å². The van der Waals surface area contributed by atoms with Crippen molar-refractivity contribution < 1.29 is 4.74 Å². The summed E-state index contributed by atoms with van der Waals surface area (Å²) in [5, 5.41) is 1.62. The summed E-state index contributed by atoms with van der Waals surface area (Å²) in [5.74, 6) is 1.58. The van der Waals surface area contributed by atoms with Crippen LogP contribution in [0.3, 0.4) is 0 Å². The number of pyridine rings is 1. The Morgan fingerprint density at radius 2 is 1.85 bits per heavy atom. The maximum Gasteiger partial charge on any atom is 0.146 e. The predicted octanol–water partition coefficient (Wildman–Crippen LogP) is 3.15. The van der Waals surface area contributed by atoms with E-state index in [0.717, 1.165) is 35.5 Å². The molecule has 27 heavy (non-hydrogen) atoms. The van der Waals surface area contributed by atoms with Crippen LogP contribution >= 0.6 is 11.6 Å². The molecule has 0 aliphatic carbocycles. The summed E-state index contributed by atoms with van der Waals surface area (Å²) in [6.07, 6.45) is 0. The first-order chi connectivity index (χ1) is 13.2. The lowest BCUT2D eigenvalue weighted by atomic mass is 10.2. The van der Waals surface area contributed by atoms with Gasteiger partial charge in [0.15, 0.2) is 0 Å². The fraction of sp³-hybridized carbons (Fsp3) is 0.350. The van der Waals surface area contributed by atoms with Crippen LogP contribution in [0.25, 0.3) is 10.9 Å². The van der Waals surface area contributed by atoms with Crippen LogP contribution < -0.4 is 4.90 Å². The fourth-order valence-electron chi connectivity index (χ4n) is 3.25. The number of hydrogen-bond donors (Lipinski definition) is 0. The lowest BCUT2D eigenvalue weighted by Crippen LogP contribution is -2.37. The molecule has 2 aromatic heterocycles. The van der Waals surface area contributed by atoms with Crippen molar-refractivity contribution >= 4 is 28.3 Å². The van der Waals surface area contributed by atoms with Crippen LogP contribution in [0.4, 0.5) is 5.82 Å². The SMILES string of the molecule is CN(Cc1ccc2ccccc2n1)Cc1nc(Cl)cc(N2CCOCC2)n1. The lowest BCUT2D eigenvalue weighted by Gasteiger charge is -2.28. The van der Waals surface area contributed by atoms with E-state index >= 15 is 0 Å². The highest BCUT2D eigenvalue weighted by molar-refractivity contribution is 6.29. The Kier molecular flexibility index (Phi) is 5.48. The third-order valence-corrected chi connectivity index (χ3v) is 4.76. The molecule has 1 fully saturated rings. The van der Waals surface area contributed by atoms with E-state index in [9.17, 15) is 0 Å². The van der Waals surface area contributed by atoms with E-state index in [0.29, 0.717) is 37.3 Å². The summed E-state index contributed by atoms with van der Waals surface area (Å²) in [4.78, 5) is 18.2. The molecule has 0 saturated carbocycles. The van der Waals surface area contributed by atoms with Crippen molar-refractivity contribution in [2.75, 3.05) is 38.3 Å². The zero-order chi connectivity index (χ0) is 18.6. The van der Waals surface area contributed by atoms with Crippen LogP contribution in [-0.4, -0.2) is 53.2 Å². The molecule has 0 radical (unpaired) electrons. The highest BCUT2D eigenvalue weighted by Crippen LogP contribution is 2.18. The fourth-order valence-corrected chi connectivity index (χ4v) is 3.44. The molecule has 0 unspecified atom stereocenters. The number of aromatic nitrogens is 3. The van der Waals surface area contributed by atoms with Gasteiger partial charge in [0, 0.05) is 31.1 Å². The average Bonchev–Trinajstić information content (AvgIpc) is 2.68. The average molecular weight is 384 g/mol. The van der Waals surface area contributed by atoms with Crippen molar-refractivity contribution in [3.8, 4) is 0 Å². The maximum absolute atomic E-state index is 6.24. The van der Waals surface area contributed by atoms with Crippen molar-refractivity contribution in [3.63, 3.8) is 0 Å². The summed E-state index contributed by atoms with van der Waals surface area (Å²) < 4.78 is 5.41. The van der Waals surface area contributed by atoms with Gasteiger partial charge in [-0.25, -0.2) is 9.97 Å². The van der Waals surface area contributed by atoms with Crippen LogP contribution in [0.1, 0.15) is 11.5 Å². The van der Waals surface area contributed by atoms with Gasteiger partial charge < -0.3 is 9.64 Å². The smallest absolute Gasteiger partial charge is 0.146 e. The number of nitrogens with zero attached hydrogens (tertiary/aromatic N) is 5. The molecule has 4 rings (SSSR count). The molecule has 3 aromatic rings. The molecular weight excluding hydrogens is 362 g/mol. The number of halogens is 1. The van der Waals surface area contributed by atoms with Gasteiger partial charge in [0.2, 0.25) is 0 Å². The number of hydrogen-bond acceptors (Lipinski definition) is 6. The molecule has 1 aromatic carbocycles. The summed E-state index contributed by atoms with van der Waals surface area (Å²) in [6, 6.07) is 14.1. The van der Waals surface area contributed by atoms with E-state index < -0.39 is 0 Å². The summed E-state index contributed by atoms with van der Waals surface area (Å²) in [7, 11) is 2.04. The number of morpholine rings is 1. The molecule has 3 heterocycles. The molecule has 0 spiro atoms.